The van der Waals surface area contributed by atoms with Crippen LogP contribution in [0.2, 0.25) is 0 Å². The number of hydrogen-bond donors (Lipinski definition) is 0. The highest BCUT2D eigenvalue weighted by Gasteiger charge is 2.25. The van der Waals surface area contributed by atoms with E-state index in [9.17, 15) is 4.79 Å². The zero-order chi connectivity index (χ0) is 13.5. The van der Waals surface area contributed by atoms with Gasteiger partial charge in [-0.15, -0.1) is 0 Å². The molecule has 0 amide bonds. The number of methoxy groups -OCH3 is 1. The molecule has 0 aromatic carbocycles. The van der Waals surface area contributed by atoms with E-state index < -0.39 is 0 Å². The summed E-state index contributed by atoms with van der Waals surface area (Å²) in [6, 6.07) is 0.757. The molecule has 2 aliphatic heterocycles. The predicted octanol–water partition coefficient (Wildman–Crippen LogP) is 1.89. The van der Waals surface area contributed by atoms with Crippen molar-refractivity contribution in [2.75, 3.05) is 39.8 Å². The van der Waals surface area contributed by atoms with Crippen molar-refractivity contribution in [1.29, 1.82) is 0 Å². The zero-order valence-electron chi connectivity index (χ0n) is 12.3. The molecule has 0 aliphatic carbocycles. The number of hydrogen-bond acceptors (Lipinski definition) is 4. The Balaban J connectivity index is 1.69. The monoisotopic (exact) mass is 268 g/mol. The molecule has 0 N–H and O–H groups in total. The fraction of sp³-hybridized carbons (Fsp3) is 0.933. The van der Waals surface area contributed by atoms with Gasteiger partial charge in [-0.05, 0) is 58.3 Å². The van der Waals surface area contributed by atoms with E-state index in [2.05, 4.69) is 9.80 Å². The van der Waals surface area contributed by atoms with Gasteiger partial charge in [0.15, 0.2) is 0 Å². The van der Waals surface area contributed by atoms with E-state index in [0.29, 0.717) is 6.42 Å². The van der Waals surface area contributed by atoms with E-state index in [1.165, 1.54) is 65.4 Å². The highest BCUT2D eigenvalue weighted by molar-refractivity contribution is 5.69. The third-order valence-electron chi connectivity index (χ3n) is 4.47. The van der Waals surface area contributed by atoms with Crippen LogP contribution in [0.1, 0.15) is 44.9 Å². The molecule has 2 rings (SSSR count). The van der Waals surface area contributed by atoms with Gasteiger partial charge in [0.2, 0.25) is 0 Å². The van der Waals surface area contributed by atoms with Gasteiger partial charge >= 0.3 is 5.97 Å². The lowest BCUT2D eigenvalue weighted by Gasteiger charge is -2.41. The fourth-order valence-electron chi connectivity index (χ4n) is 3.36. The number of nitrogens with zero attached hydrogens (tertiary/aromatic N) is 2. The third kappa shape index (κ3) is 4.77. The molecule has 19 heavy (non-hydrogen) atoms. The molecule has 4 nitrogen and oxygen atoms in total. The molecule has 0 radical (unpaired) electrons. The normalized spacial score (nSPS) is 26.3. The Morgan fingerprint density at radius 2 is 1.95 bits per heavy atom. The van der Waals surface area contributed by atoms with Gasteiger partial charge in [-0.1, -0.05) is 6.42 Å². The summed E-state index contributed by atoms with van der Waals surface area (Å²) in [5.41, 5.74) is 0. The molecule has 0 saturated carbocycles. The van der Waals surface area contributed by atoms with Gasteiger partial charge < -0.3 is 9.64 Å². The van der Waals surface area contributed by atoms with Crippen molar-refractivity contribution in [3.05, 3.63) is 0 Å². The highest BCUT2D eigenvalue weighted by atomic mass is 16.5. The summed E-state index contributed by atoms with van der Waals surface area (Å²) >= 11 is 0. The van der Waals surface area contributed by atoms with Crippen molar-refractivity contribution in [3.8, 4) is 0 Å². The van der Waals surface area contributed by atoms with Crippen LogP contribution in [0, 0.1) is 0 Å². The number of rotatable bonds is 5. The quantitative estimate of drug-likeness (QED) is 0.713. The highest BCUT2D eigenvalue weighted by Crippen LogP contribution is 2.20. The number of ether oxygens (including phenoxy) is 1. The van der Waals surface area contributed by atoms with E-state index in [-0.39, 0.29) is 5.97 Å². The fourth-order valence-corrected chi connectivity index (χ4v) is 3.36. The van der Waals surface area contributed by atoms with Crippen molar-refractivity contribution in [2.24, 2.45) is 0 Å². The van der Waals surface area contributed by atoms with Crippen molar-refractivity contribution in [1.82, 2.24) is 9.80 Å². The molecule has 0 bridgehead atoms. The molecule has 2 aliphatic rings. The van der Waals surface area contributed by atoms with E-state index in [4.69, 9.17) is 4.74 Å². The molecule has 0 aromatic heterocycles. The molecule has 0 aromatic rings. The maximum Gasteiger partial charge on any atom is 0.305 e. The van der Waals surface area contributed by atoms with Gasteiger partial charge in [0.1, 0.15) is 0 Å². The molecule has 0 unspecified atom stereocenters. The summed E-state index contributed by atoms with van der Waals surface area (Å²) in [5, 5.41) is 0. The minimum Gasteiger partial charge on any atom is -0.469 e. The minimum absolute atomic E-state index is 0.0791. The summed E-state index contributed by atoms with van der Waals surface area (Å²) < 4.78 is 4.69. The standard InChI is InChI=1S/C15H28N2O2/c1-19-15(18)8-6-10-16-9-5-7-14(13-16)17-11-3-2-4-12-17/h14H,2-13H2,1H3/t14-/m0/s1. The molecule has 0 spiro atoms. The van der Waals surface area contributed by atoms with Gasteiger partial charge in [-0.2, -0.15) is 0 Å². The average Bonchev–Trinajstić information content (AvgIpc) is 2.48. The van der Waals surface area contributed by atoms with Gasteiger partial charge in [0.05, 0.1) is 7.11 Å². The SMILES string of the molecule is COC(=O)CCCN1CCC[C@H](N2CCCCC2)C1. The number of piperidine rings is 2. The molecule has 4 heteroatoms. The second-order valence-electron chi connectivity index (χ2n) is 5.87. The Hall–Kier alpha value is -0.610. The number of carbonyl (C=O) groups is 1. The third-order valence-corrected chi connectivity index (χ3v) is 4.47. The topological polar surface area (TPSA) is 32.8 Å². The first kappa shape index (κ1) is 14.8. The first-order valence-corrected chi connectivity index (χ1v) is 7.83. The van der Waals surface area contributed by atoms with Gasteiger partial charge in [-0.25, -0.2) is 0 Å². The molecule has 110 valence electrons. The first-order valence-electron chi connectivity index (χ1n) is 7.83. The maximum absolute atomic E-state index is 11.1. The molecular weight excluding hydrogens is 240 g/mol. The van der Waals surface area contributed by atoms with E-state index >= 15 is 0 Å². The Kier molecular flexibility index (Phi) is 6.11. The number of carbonyl (C=O) groups excluding carboxylic acids is 1. The number of likely N-dealkylation sites (tertiary alicyclic amines) is 2. The van der Waals surface area contributed by atoms with E-state index in [1.54, 1.807) is 0 Å². The van der Waals surface area contributed by atoms with Gasteiger partial charge in [0.25, 0.3) is 0 Å². The van der Waals surface area contributed by atoms with Crippen molar-refractivity contribution < 1.29 is 9.53 Å². The van der Waals surface area contributed by atoms with Crippen molar-refractivity contribution >= 4 is 5.97 Å². The van der Waals surface area contributed by atoms with Crippen molar-refractivity contribution in [2.45, 2.75) is 51.0 Å². The van der Waals surface area contributed by atoms with Crippen LogP contribution in [0.25, 0.3) is 0 Å². The lowest BCUT2D eigenvalue weighted by molar-refractivity contribution is -0.140. The van der Waals surface area contributed by atoms with Gasteiger partial charge in [0, 0.05) is 19.0 Å². The summed E-state index contributed by atoms with van der Waals surface area (Å²) in [7, 11) is 1.47. The maximum atomic E-state index is 11.1. The lowest BCUT2D eigenvalue weighted by atomic mass is 10.0. The summed E-state index contributed by atoms with van der Waals surface area (Å²) in [4.78, 5) is 16.3. The average molecular weight is 268 g/mol. The summed E-state index contributed by atoms with van der Waals surface area (Å²) in [6.07, 6.45) is 8.30. The molecule has 1 atom stereocenters. The van der Waals surface area contributed by atoms with Gasteiger partial charge in [-0.3, -0.25) is 9.69 Å². The Labute approximate surface area is 117 Å². The minimum atomic E-state index is -0.0791. The lowest BCUT2D eigenvalue weighted by Crippen LogP contribution is -2.49. The van der Waals surface area contributed by atoms with Crippen LogP contribution in [-0.2, 0) is 9.53 Å². The second kappa shape index (κ2) is 7.85. The molecule has 2 heterocycles. The smallest absolute Gasteiger partial charge is 0.305 e. The van der Waals surface area contributed by atoms with Crippen LogP contribution in [0.4, 0.5) is 0 Å². The summed E-state index contributed by atoms with van der Waals surface area (Å²) in [5.74, 6) is -0.0791. The predicted molar refractivity (Wildman–Crippen MR) is 76.1 cm³/mol. The Bertz CT molecular complexity index is 277. The Morgan fingerprint density at radius 1 is 1.16 bits per heavy atom. The molecule has 2 fully saturated rings. The largest absolute Gasteiger partial charge is 0.469 e. The van der Waals surface area contributed by atoms with Crippen molar-refractivity contribution in [3.63, 3.8) is 0 Å². The van der Waals surface area contributed by atoms with Crippen LogP contribution in [0.5, 0.6) is 0 Å². The second-order valence-corrected chi connectivity index (χ2v) is 5.87. The number of esters is 1. The van der Waals surface area contributed by atoms with Crippen LogP contribution in [0.15, 0.2) is 0 Å². The first-order chi connectivity index (χ1) is 9.29. The molecular formula is C15H28N2O2. The Morgan fingerprint density at radius 3 is 2.68 bits per heavy atom. The summed E-state index contributed by atoms with van der Waals surface area (Å²) in [6.45, 7) is 6.02. The van der Waals surface area contributed by atoms with Crippen LogP contribution in [-0.4, -0.2) is 61.6 Å². The van der Waals surface area contributed by atoms with E-state index in [1.807, 2.05) is 0 Å². The van der Waals surface area contributed by atoms with Crippen LogP contribution >= 0.6 is 0 Å². The molecule has 2 saturated heterocycles. The zero-order valence-corrected chi connectivity index (χ0v) is 12.3. The van der Waals surface area contributed by atoms with E-state index in [0.717, 1.165) is 19.0 Å². The van der Waals surface area contributed by atoms with Crippen LogP contribution < -0.4 is 0 Å². The van der Waals surface area contributed by atoms with Crippen LogP contribution in [0.3, 0.4) is 0 Å².